The molecule has 0 unspecified atom stereocenters. The fraction of sp³-hybridized carbons (Fsp3) is 0.0455. The van der Waals surface area contributed by atoms with Crippen LogP contribution in [0, 0.1) is 0 Å². The number of benzene rings is 3. The zero-order chi connectivity index (χ0) is 21.1. The lowest BCUT2D eigenvalue weighted by Crippen LogP contribution is -2.12. The van der Waals surface area contributed by atoms with Crippen molar-refractivity contribution in [3.63, 3.8) is 0 Å². The van der Waals surface area contributed by atoms with E-state index >= 15 is 0 Å². The third-order valence-electron chi connectivity index (χ3n) is 4.39. The van der Waals surface area contributed by atoms with Crippen molar-refractivity contribution >= 4 is 51.6 Å². The van der Waals surface area contributed by atoms with E-state index in [9.17, 15) is 9.59 Å². The first-order valence-corrected chi connectivity index (χ1v) is 9.72. The molecule has 1 heterocycles. The summed E-state index contributed by atoms with van der Waals surface area (Å²) in [5.41, 5.74) is 1.61. The van der Waals surface area contributed by atoms with E-state index in [0.29, 0.717) is 43.6 Å². The molecule has 0 fully saturated rings. The van der Waals surface area contributed by atoms with E-state index in [-0.39, 0.29) is 18.3 Å². The summed E-state index contributed by atoms with van der Waals surface area (Å²) < 4.78 is 5.60. The molecule has 1 aromatic heterocycles. The van der Waals surface area contributed by atoms with Crippen LogP contribution in [-0.4, -0.2) is 28.5 Å². The van der Waals surface area contributed by atoms with Crippen molar-refractivity contribution in [1.29, 1.82) is 0 Å². The number of rotatable bonds is 6. The van der Waals surface area contributed by atoms with E-state index < -0.39 is 0 Å². The van der Waals surface area contributed by atoms with Crippen molar-refractivity contribution in [3.8, 4) is 5.75 Å². The molecule has 150 valence electrons. The Morgan fingerprint density at radius 2 is 1.73 bits per heavy atom. The number of carbonyl (C=O) groups is 2. The first-order chi connectivity index (χ1) is 14.5. The van der Waals surface area contributed by atoms with Gasteiger partial charge in [-0.1, -0.05) is 29.3 Å². The fourth-order valence-electron chi connectivity index (χ4n) is 2.86. The van der Waals surface area contributed by atoms with Crippen LogP contribution in [-0.2, 0) is 0 Å². The van der Waals surface area contributed by atoms with Gasteiger partial charge in [0.1, 0.15) is 5.75 Å². The second-order valence-corrected chi connectivity index (χ2v) is 7.34. The fourth-order valence-corrected chi connectivity index (χ4v) is 3.18. The van der Waals surface area contributed by atoms with E-state index in [0.717, 1.165) is 0 Å². The molecule has 4 aromatic rings. The Hall–Kier alpha value is -3.35. The highest BCUT2D eigenvalue weighted by Crippen LogP contribution is 2.25. The number of ketones is 1. The van der Waals surface area contributed by atoms with E-state index in [1.807, 2.05) is 0 Å². The van der Waals surface area contributed by atoms with Gasteiger partial charge >= 0.3 is 0 Å². The summed E-state index contributed by atoms with van der Waals surface area (Å²) in [5, 5.41) is 11.5. The number of carbonyl (C=O) groups excluding carboxylic acids is 2. The number of amides is 1. The highest BCUT2D eigenvalue weighted by atomic mass is 35.5. The summed E-state index contributed by atoms with van der Waals surface area (Å²) in [5.74, 6) is 0.408. The van der Waals surface area contributed by atoms with E-state index in [2.05, 4.69) is 15.5 Å². The van der Waals surface area contributed by atoms with Crippen molar-refractivity contribution in [2.45, 2.75) is 0 Å². The van der Waals surface area contributed by atoms with Crippen molar-refractivity contribution < 1.29 is 14.3 Å². The predicted octanol–water partition coefficient (Wildman–Crippen LogP) is 5.38. The summed E-state index contributed by atoms with van der Waals surface area (Å²) in [6, 6.07) is 18.5. The standard InChI is InChI=1S/C22H15Cl2N3O3/c23-15-6-4-13(5-7-15)20(28)12-30-17-8-9-18-19(11-17)26-27-21(18)25-22(29)14-2-1-3-16(24)10-14/h1-11H,12H2,(H2,25,26,27,29). The van der Waals surface area contributed by atoms with Gasteiger partial charge in [0.25, 0.3) is 5.91 Å². The number of halogens is 2. The molecule has 0 bridgehead atoms. The third kappa shape index (κ3) is 4.45. The lowest BCUT2D eigenvalue weighted by atomic mass is 10.1. The zero-order valence-corrected chi connectivity index (χ0v) is 17.0. The van der Waals surface area contributed by atoms with Crippen LogP contribution in [0.4, 0.5) is 5.82 Å². The van der Waals surface area contributed by atoms with Crippen LogP contribution >= 0.6 is 23.2 Å². The van der Waals surface area contributed by atoms with Crippen molar-refractivity contribution in [2.75, 3.05) is 11.9 Å². The Kier molecular flexibility index (Phi) is 5.70. The van der Waals surface area contributed by atoms with Gasteiger partial charge in [-0.25, -0.2) is 0 Å². The molecule has 3 aromatic carbocycles. The second kappa shape index (κ2) is 8.57. The van der Waals surface area contributed by atoms with E-state index in [1.54, 1.807) is 66.7 Å². The molecule has 6 nitrogen and oxygen atoms in total. The predicted molar refractivity (Wildman–Crippen MR) is 117 cm³/mol. The Balaban J connectivity index is 1.45. The van der Waals surface area contributed by atoms with Crippen molar-refractivity contribution in [3.05, 3.63) is 87.9 Å². The van der Waals surface area contributed by atoms with Crippen LogP contribution < -0.4 is 10.1 Å². The van der Waals surface area contributed by atoms with Gasteiger partial charge in [0.2, 0.25) is 0 Å². The Labute approximate surface area is 181 Å². The molecule has 0 aliphatic carbocycles. The molecule has 0 atom stereocenters. The summed E-state index contributed by atoms with van der Waals surface area (Å²) in [6.07, 6.45) is 0. The highest BCUT2D eigenvalue weighted by molar-refractivity contribution is 6.31. The van der Waals surface area contributed by atoms with Crippen LogP contribution in [0.5, 0.6) is 5.75 Å². The number of aromatic amines is 1. The molecule has 0 saturated heterocycles. The molecule has 0 aliphatic heterocycles. The molecule has 4 rings (SSSR count). The van der Waals surface area contributed by atoms with Gasteiger partial charge in [-0.3, -0.25) is 14.7 Å². The number of Topliss-reactive ketones (excluding diaryl/α,β-unsaturated/α-hetero) is 1. The summed E-state index contributed by atoms with van der Waals surface area (Å²) in [4.78, 5) is 24.6. The molecule has 8 heteroatoms. The van der Waals surface area contributed by atoms with E-state index in [4.69, 9.17) is 27.9 Å². The number of hydrogen-bond acceptors (Lipinski definition) is 4. The number of H-pyrrole nitrogens is 1. The average Bonchev–Trinajstić information content (AvgIpc) is 3.14. The molecule has 0 spiro atoms. The summed E-state index contributed by atoms with van der Waals surface area (Å²) >= 11 is 11.8. The molecular formula is C22H15Cl2N3O3. The number of ether oxygens (including phenoxy) is 1. The number of aromatic nitrogens is 2. The van der Waals surface area contributed by atoms with Gasteiger partial charge in [-0.05, 0) is 54.6 Å². The maximum atomic E-state index is 12.4. The largest absolute Gasteiger partial charge is 0.485 e. The quantitative estimate of drug-likeness (QED) is 0.394. The van der Waals surface area contributed by atoms with Gasteiger partial charge in [0.15, 0.2) is 18.2 Å². The number of fused-ring (bicyclic) bond motifs is 1. The van der Waals surface area contributed by atoms with Gasteiger partial charge in [-0.15, -0.1) is 0 Å². The molecule has 2 N–H and O–H groups in total. The molecule has 1 amide bonds. The first kappa shape index (κ1) is 19.9. The third-order valence-corrected chi connectivity index (χ3v) is 4.88. The van der Waals surface area contributed by atoms with Gasteiger partial charge in [0.05, 0.1) is 5.52 Å². The monoisotopic (exact) mass is 439 g/mol. The Morgan fingerprint density at radius 3 is 2.50 bits per heavy atom. The minimum Gasteiger partial charge on any atom is -0.485 e. The van der Waals surface area contributed by atoms with Crippen LogP contribution in [0.15, 0.2) is 66.7 Å². The lowest BCUT2D eigenvalue weighted by molar-refractivity contribution is 0.0921. The molecule has 0 radical (unpaired) electrons. The van der Waals surface area contributed by atoms with Gasteiger partial charge in [-0.2, -0.15) is 5.10 Å². The van der Waals surface area contributed by atoms with Crippen LogP contribution in [0.1, 0.15) is 20.7 Å². The lowest BCUT2D eigenvalue weighted by Gasteiger charge is -2.06. The molecular weight excluding hydrogens is 425 g/mol. The molecule has 30 heavy (non-hydrogen) atoms. The van der Waals surface area contributed by atoms with Gasteiger partial charge in [0, 0.05) is 32.6 Å². The van der Waals surface area contributed by atoms with Crippen LogP contribution in [0.25, 0.3) is 10.9 Å². The summed E-state index contributed by atoms with van der Waals surface area (Å²) in [7, 11) is 0. The maximum absolute atomic E-state index is 12.4. The Bertz CT molecular complexity index is 1240. The highest BCUT2D eigenvalue weighted by Gasteiger charge is 2.13. The minimum atomic E-state index is -0.320. The van der Waals surface area contributed by atoms with Crippen LogP contribution in [0.2, 0.25) is 10.0 Å². The van der Waals surface area contributed by atoms with Crippen molar-refractivity contribution in [1.82, 2.24) is 10.2 Å². The number of anilines is 1. The smallest absolute Gasteiger partial charge is 0.256 e. The van der Waals surface area contributed by atoms with E-state index in [1.165, 1.54) is 0 Å². The molecule has 0 aliphatic rings. The number of nitrogens with zero attached hydrogens (tertiary/aromatic N) is 1. The van der Waals surface area contributed by atoms with Crippen molar-refractivity contribution in [2.24, 2.45) is 0 Å². The first-order valence-electron chi connectivity index (χ1n) is 8.96. The summed E-state index contributed by atoms with van der Waals surface area (Å²) in [6.45, 7) is -0.111. The Morgan fingerprint density at radius 1 is 0.933 bits per heavy atom. The number of hydrogen-bond donors (Lipinski definition) is 2. The van der Waals surface area contributed by atoms with Crippen LogP contribution in [0.3, 0.4) is 0 Å². The topological polar surface area (TPSA) is 84.1 Å². The second-order valence-electron chi connectivity index (χ2n) is 6.46. The maximum Gasteiger partial charge on any atom is 0.256 e. The number of nitrogens with one attached hydrogen (secondary N) is 2. The SMILES string of the molecule is O=C(COc1ccc2c(NC(=O)c3cccc(Cl)c3)n[nH]c2c1)c1ccc(Cl)cc1. The average molecular weight is 440 g/mol. The van der Waals surface area contributed by atoms with Gasteiger partial charge < -0.3 is 10.1 Å². The normalized spacial score (nSPS) is 10.7. The molecule has 0 saturated carbocycles. The minimum absolute atomic E-state index is 0.111. The zero-order valence-electron chi connectivity index (χ0n) is 15.5.